The molecule has 0 atom stereocenters. The van der Waals surface area contributed by atoms with Crippen molar-refractivity contribution in [3.63, 3.8) is 0 Å². The SMILES string of the molecule is O=S(=O)([O-])c1cc(N=Nc2ccc(/C=C/c3ccc(-n4nc5cc(SOO[O-])c6ccccc6c5n4)cc3S(=O)(=O)[O-])c(SOO[O-])c2)ccc1/C=C/c1ccc(-n2nc3cc(S(=O)(=O)[O-])c4ccccc4c3n2)cc1SOO[O-].[Na+].[Na+].[Na+].[Na+].[Na+].[Na+]. The number of azo groups is 1. The van der Waals surface area contributed by atoms with Crippen molar-refractivity contribution in [3.8, 4) is 11.4 Å². The van der Waals surface area contributed by atoms with Crippen LogP contribution in [0.2, 0.25) is 0 Å². The molecule has 0 aliphatic rings. The molecule has 0 aliphatic heterocycles. The summed E-state index contributed by atoms with van der Waals surface area (Å²) in [6.45, 7) is 0. The number of rotatable bonds is 20. The first-order valence-corrected chi connectivity index (χ1v) is 28.5. The Morgan fingerprint density at radius 2 is 0.779 bits per heavy atom. The minimum absolute atomic E-state index is 0. The van der Waals surface area contributed by atoms with Crippen molar-refractivity contribution in [3.05, 3.63) is 156 Å². The van der Waals surface area contributed by atoms with Crippen LogP contribution in [-0.4, -0.2) is 68.9 Å². The van der Waals surface area contributed by atoms with Gasteiger partial charge in [0, 0.05) is 36.2 Å². The number of fused-ring (bicyclic) bond motifs is 6. The summed E-state index contributed by atoms with van der Waals surface area (Å²) >= 11 is 1.56. The quantitative estimate of drug-likeness (QED) is 0.0130. The fourth-order valence-electron chi connectivity index (χ4n) is 8.15. The Kier molecular flexibility index (Phi) is 30.4. The van der Waals surface area contributed by atoms with Gasteiger partial charge in [0.25, 0.3) is 0 Å². The molecule has 10 rings (SSSR count). The van der Waals surface area contributed by atoms with Crippen LogP contribution in [0.5, 0.6) is 0 Å². The van der Waals surface area contributed by atoms with E-state index in [1.807, 2.05) is 0 Å². The molecule has 0 saturated heterocycles. The summed E-state index contributed by atoms with van der Waals surface area (Å²) < 4.78 is 126. The smallest absolute Gasteiger partial charge is 0.744 e. The summed E-state index contributed by atoms with van der Waals surface area (Å²) in [5.74, 6) is 0. The van der Waals surface area contributed by atoms with Crippen LogP contribution >= 0.6 is 36.1 Å². The summed E-state index contributed by atoms with van der Waals surface area (Å²) in [6, 6.07) is 32.3. The first-order valence-electron chi connectivity index (χ1n) is 22.1. The summed E-state index contributed by atoms with van der Waals surface area (Å²) in [7, 11) is -15.2. The van der Waals surface area contributed by atoms with Gasteiger partial charge in [0.1, 0.15) is 52.4 Å². The van der Waals surface area contributed by atoms with Crippen LogP contribution in [0, 0.1) is 0 Å². The van der Waals surface area contributed by atoms with Gasteiger partial charge < -0.3 is 29.4 Å². The molecule has 8 aromatic carbocycles. The Labute approximate surface area is 633 Å². The van der Waals surface area contributed by atoms with Crippen LogP contribution < -0.4 is 193 Å². The molecule has 0 N–H and O–H groups in total. The molecule has 38 heteroatoms. The second kappa shape index (κ2) is 33.9. The summed E-state index contributed by atoms with van der Waals surface area (Å²) in [6.07, 6.45) is 5.41. The van der Waals surface area contributed by atoms with Crippen LogP contribution in [0.1, 0.15) is 22.3 Å². The van der Waals surface area contributed by atoms with Crippen LogP contribution in [0.25, 0.3) is 79.3 Å². The third-order valence-electron chi connectivity index (χ3n) is 11.6. The molecule has 0 aliphatic carbocycles. The first-order chi connectivity index (χ1) is 38.4. The van der Waals surface area contributed by atoms with E-state index in [0.717, 1.165) is 27.8 Å². The Bertz CT molecular complexity index is 4550. The largest absolute Gasteiger partial charge is 1.00 e. The second-order valence-corrected chi connectivity index (χ2v) is 22.6. The average molecular weight is 1330 g/mol. The second-order valence-electron chi connectivity index (χ2n) is 16.3. The molecule has 2 heterocycles. The van der Waals surface area contributed by atoms with Gasteiger partial charge in [-0.1, -0.05) is 97.1 Å². The van der Waals surface area contributed by atoms with Crippen molar-refractivity contribution in [2.24, 2.45) is 10.2 Å². The molecule has 0 fully saturated rings. The van der Waals surface area contributed by atoms with Crippen LogP contribution in [-0.2, 0) is 58.5 Å². The molecule has 0 amide bonds. The number of nitrogens with zero attached hydrogens (tertiary/aromatic N) is 8. The van der Waals surface area contributed by atoms with Gasteiger partial charge >= 0.3 is 177 Å². The molecule has 10 aromatic rings. The van der Waals surface area contributed by atoms with Gasteiger partial charge in [-0.2, -0.15) is 32.8 Å². The predicted octanol–water partition coefficient (Wildman–Crippen LogP) is -11.4. The summed E-state index contributed by atoms with van der Waals surface area (Å²) in [5, 5.41) is 70.8. The Morgan fingerprint density at radius 1 is 0.395 bits per heavy atom. The maximum Gasteiger partial charge on any atom is 1.00 e. The van der Waals surface area contributed by atoms with E-state index in [9.17, 15) is 54.7 Å². The molecule has 2 aromatic heterocycles. The van der Waals surface area contributed by atoms with Gasteiger partial charge in [-0.3, -0.25) is 15.1 Å². The molecule has 0 spiro atoms. The molecular formula is C48H26N8Na6O18S6. The van der Waals surface area contributed by atoms with E-state index in [2.05, 4.69) is 58.7 Å². The average Bonchev–Trinajstić information content (AvgIpc) is 2.80. The molecule has 408 valence electrons. The van der Waals surface area contributed by atoms with Crippen LogP contribution in [0.4, 0.5) is 11.4 Å². The first kappa shape index (κ1) is 77.0. The number of aromatic nitrogens is 6. The van der Waals surface area contributed by atoms with E-state index in [-0.39, 0.29) is 237 Å². The fourth-order valence-corrected chi connectivity index (χ4v) is 11.8. The van der Waals surface area contributed by atoms with Gasteiger partial charge in [-0.25, -0.2) is 25.3 Å². The normalized spacial score (nSPS) is 11.8. The molecular weight excluding hydrogens is 1310 g/mol. The van der Waals surface area contributed by atoms with Crippen molar-refractivity contribution in [2.75, 3.05) is 0 Å². The van der Waals surface area contributed by atoms with Crippen molar-refractivity contribution < 1.29 is 260 Å². The monoisotopic (exact) mass is 1330 g/mol. The van der Waals surface area contributed by atoms with Crippen molar-refractivity contribution >= 4 is 146 Å². The molecule has 26 nitrogen and oxygen atoms in total. The fraction of sp³-hybridized carbons (Fsp3) is 0. The number of benzene rings is 8. The zero-order valence-electron chi connectivity index (χ0n) is 45.4. The summed E-state index contributed by atoms with van der Waals surface area (Å²) in [5.41, 5.74) is 1.99. The van der Waals surface area contributed by atoms with Crippen molar-refractivity contribution in [1.29, 1.82) is 0 Å². The van der Waals surface area contributed by atoms with Gasteiger partial charge in [0.05, 0.1) is 73.6 Å². The number of hydrogen-bond donors (Lipinski definition) is 0. The zero-order chi connectivity index (χ0) is 56.3. The molecule has 0 bridgehead atoms. The van der Waals surface area contributed by atoms with E-state index >= 15 is 0 Å². The van der Waals surface area contributed by atoms with E-state index in [1.165, 1.54) is 91.0 Å². The van der Waals surface area contributed by atoms with Gasteiger partial charge in [0.2, 0.25) is 0 Å². The topological polar surface area (TPSA) is 382 Å². The third kappa shape index (κ3) is 18.2. The molecule has 86 heavy (non-hydrogen) atoms. The number of hydrogen-bond acceptors (Lipinski definition) is 27. The van der Waals surface area contributed by atoms with Gasteiger partial charge in [0.15, 0.2) is 0 Å². The van der Waals surface area contributed by atoms with E-state index in [1.54, 1.807) is 48.5 Å². The predicted molar refractivity (Wildman–Crippen MR) is 276 cm³/mol. The maximum atomic E-state index is 12.7. The minimum Gasteiger partial charge on any atom is -0.744 e. The van der Waals surface area contributed by atoms with E-state index in [4.69, 9.17) is 0 Å². The van der Waals surface area contributed by atoms with Crippen molar-refractivity contribution in [2.45, 2.75) is 29.4 Å². The standard InChI is InChI=1S/C48H32N8O18S6.6Na/c57-69-72-75-41-21-31(17-13-27(41)9-12-30-16-20-34(24-45(30)79(63,64)65)56-51-39-25-43(77-74-71-59)35-5-1-3-7-37(35)47(39)53-56)49-50-32-18-14-29(44(22-32)78(60,61)62)11-10-28-15-19-33(23-42(28)76-73-70-58)55-52-40-26-46(80(66,67)68)36-6-2-4-8-38(36)48(40)54-55;;;;;;/h1-26,57-59H,(H,60,61,62)(H,63,64,65)(H,66,67,68);;;;;;/q;6*+1/p-6/b11-10+,12-9+,50-49?;;;;;;. The van der Waals surface area contributed by atoms with E-state index < -0.39 is 45.0 Å². The Hall–Kier alpha value is -1.42. The van der Waals surface area contributed by atoms with Crippen molar-refractivity contribution in [1.82, 2.24) is 30.0 Å². The Morgan fingerprint density at radius 3 is 1.29 bits per heavy atom. The van der Waals surface area contributed by atoms with Crippen LogP contribution in [0.15, 0.2) is 173 Å². The molecule has 0 radical (unpaired) electrons. The van der Waals surface area contributed by atoms with E-state index in [0.29, 0.717) is 79.3 Å². The van der Waals surface area contributed by atoms with Gasteiger partial charge in [-0.15, -0.1) is 20.4 Å². The Balaban J connectivity index is 0.00000264. The maximum absolute atomic E-state index is 12.7. The molecule has 0 unspecified atom stereocenters. The van der Waals surface area contributed by atoms with Crippen LogP contribution in [0.3, 0.4) is 0 Å². The molecule has 0 saturated carbocycles. The minimum atomic E-state index is -5.17. The third-order valence-corrected chi connectivity index (χ3v) is 16.2. The van der Waals surface area contributed by atoms with Gasteiger partial charge in [-0.05, 0) is 82.9 Å². The zero-order valence-corrected chi connectivity index (χ0v) is 62.3. The summed E-state index contributed by atoms with van der Waals surface area (Å²) in [4.78, 5) is 1.31.